The zero-order valence-corrected chi connectivity index (χ0v) is 34.1. The summed E-state index contributed by atoms with van der Waals surface area (Å²) in [4.78, 5) is 23.4. The molecule has 52 heavy (non-hydrogen) atoms. The second kappa shape index (κ2) is 42.8. The zero-order valence-electron chi connectivity index (χ0n) is 34.1. The van der Waals surface area contributed by atoms with Gasteiger partial charge in [-0.25, -0.2) is 0 Å². The number of rotatable bonds is 39. The highest BCUT2D eigenvalue weighted by Gasteiger charge is 2.14. The average Bonchev–Trinajstić information content (AvgIpc) is 3.13. The van der Waals surface area contributed by atoms with E-state index in [-0.39, 0.29) is 18.5 Å². The molecule has 0 saturated heterocycles. The Morgan fingerprint density at radius 3 is 1.23 bits per heavy atom. The lowest BCUT2D eigenvalue weighted by Gasteiger charge is -2.18. The van der Waals surface area contributed by atoms with Gasteiger partial charge in [0.2, 0.25) is 0 Å². The van der Waals surface area contributed by atoms with Gasteiger partial charge in [0.1, 0.15) is 6.10 Å². The van der Waals surface area contributed by atoms with Crippen LogP contribution in [0.2, 0.25) is 0 Å². The molecule has 0 aliphatic carbocycles. The molecule has 0 rings (SSSR count). The summed E-state index contributed by atoms with van der Waals surface area (Å²) >= 11 is 0. The minimum Gasteiger partial charge on any atom is -0.481 e. The van der Waals surface area contributed by atoms with Crippen LogP contribution in [0.4, 0.5) is 0 Å². The van der Waals surface area contributed by atoms with Crippen LogP contribution in [0.25, 0.3) is 0 Å². The third-order valence-electron chi connectivity index (χ3n) is 9.44. The van der Waals surface area contributed by atoms with Crippen LogP contribution in [-0.2, 0) is 14.3 Å². The lowest BCUT2D eigenvalue weighted by molar-refractivity contribution is -0.150. The molecule has 0 amide bonds. The second-order valence-corrected chi connectivity index (χ2v) is 14.5. The smallest absolute Gasteiger partial charge is 0.306 e. The summed E-state index contributed by atoms with van der Waals surface area (Å²) in [5.74, 6) is -0.744. The first-order valence-corrected chi connectivity index (χ1v) is 21.9. The Bertz CT molecular complexity index is 953. The van der Waals surface area contributed by atoms with Gasteiger partial charge in [-0.2, -0.15) is 0 Å². The van der Waals surface area contributed by atoms with Crippen LogP contribution in [-0.4, -0.2) is 23.1 Å². The predicted octanol–water partition coefficient (Wildman–Crippen LogP) is 15.5. The van der Waals surface area contributed by atoms with Crippen molar-refractivity contribution in [3.63, 3.8) is 0 Å². The van der Waals surface area contributed by atoms with Gasteiger partial charge in [-0.1, -0.05) is 183 Å². The first-order valence-electron chi connectivity index (χ1n) is 21.9. The molecule has 0 bridgehead atoms. The van der Waals surface area contributed by atoms with Crippen LogP contribution in [0.3, 0.4) is 0 Å². The van der Waals surface area contributed by atoms with Gasteiger partial charge in [0.15, 0.2) is 0 Å². The first-order chi connectivity index (χ1) is 25.6. The van der Waals surface area contributed by atoms with E-state index in [0.717, 1.165) is 109 Å². The summed E-state index contributed by atoms with van der Waals surface area (Å²) in [7, 11) is 0. The number of allylic oxidation sites excluding steroid dienone is 12. The molecule has 0 aliphatic rings. The van der Waals surface area contributed by atoms with Crippen molar-refractivity contribution in [2.45, 2.75) is 219 Å². The molecule has 1 atom stereocenters. The number of unbranched alkanes of at least 4 members (excludes halogenated alkanes) is 18. The topological polar surface area (TPSA) is 63.6 Å². The van der Waals surface area contributed by atoms with Gasteiger partial charge in [0, 0.05) is 12.8 Å². The molecule has 298 valence electrons. The van der Waals surface area contributed by atoms with Crippen LogP contribution >= 0.6 is 0 Å². The molecule has 1 unspecified atom stereocenters. The fourth-order valence-corrected chi connectivity index (χ4v) is 6.25. The Kier molecular flexibility index (Phi) is 40.6. The van der Waals surface area contributed by atoms with Crippen molar-refractivity contribution in [2.75, 3.05) is 0 Å². The number of carbonyl (C=O) groups excluding carboxylic acids is 1. The van der Waals surface area contributed by atoms with E-state index in [0.29, 0.717) is 6.42 Å². The van der Waals surface area contributed by atoms with E-state index in [1.54, 1.807) is 0 Å². The number of aliphatic carboxylic acids is 1. The summed E-state index contributed by atoms with van der Waals surface area (Å²) in [6.45, 7) is 4.44. The predicted molar refractivity (Wildman–Crippen MR) is 227 cm³/mol. The van der Waals surface area contributed by atoms with E-state index < -0.39 is 5.97 Å². The summed E-state index contributed by atoms with van der Waals surface area (Å²) in [6, 6.07) is 0. The zero-order chi connectivity index (χ0) is 37.8. The summed E-state index contributed by atoms with van der Waals surface area (Å²) < 4.78 is 6.00. The van der Waals surface area contributed by atoms with Crippen molar-refractivity contribution in [2.24, 2.45) is 0 Å². The van der Waals surface area contributed by atoms with Gasteiger partial charge in [-0.05, 0) is 89.9 Å². The van der Waals surface area contributed by atoms with Gasteiger partial charge in [0.05, 0.1) is 0 Å². The van der Waals surface area contributed by atoms with Crippen molar-refractivity contribution in [1.82, 2.24) is 0 Å². The molecular formula is C48H82O4. The Morgan fingerprint density at radius 2 is 0.808 bits per heavy atom. The third kappa shape index (κ3) is 41.8. The highest BCUT2D eigenvalue weighted by atomic mass is 16.5. The molecule has 0 spiro atoms. The molecule has 4 heteroatoms. The number of carbonyl (C=O) groups is 2. The van der Waals surface area contributed by atoms with E-state index in [1.165, 1.54) is 77.0 Å². The summed E-state index contributed by atoms with van der Waals surface area (Å²) in [6.07, 6.45) is 60.7. The van der Waals surface area contributed by atoms with Gasteiger partial charge in [0.25, 0.3) is 0 Å². The van der Waals surface area contributed by atoms with Crippen molar-refractivity contribution < 1.29 is 19.4 Å². The number of hydrogen-bond acceptors (Lipinski definition) is 3. The highest BCUT2D eigenvalue weighted by Crippen LogP contribution is 2.19. The maximum absolute atomic E-state index is 12.7. The number of ether oxygens (including phenoxy) is 1. The molecule has 0 radical (unpaired) electrons. The maximum Gasteiger partial charge on any atom is 0.306 e. The normalized spacial score (nSPS) is 13.0. The number of carboxylic acid groups (broad SMARTS) is 1. The van der Waals surface area contributed by atoms with E-state index in [9.17, 15) is 9.59 Å². The lowest BCUT2D eigenvalue weighted by Crippen LogP contribution is -2.18. The Morgan fingerprint density at radius 1 is 0.442 bits per heavy atom. The second-order valence-electron chi connectivity index (χ2n) is 14.5. The molecule has 0 aromatic carbocycles. The largest absolute Gasteiger partial charge is 0.481 e. The van der Waals surface area contributed by atoms with Crippen LogP contribution < -0.4 is 0 Å². The van der Waals surface area contributed by atoms with Gasteiger partial charge in [-0.15, -0.1) is 0 Å². The van der Waals surface area contributed by atoms with E-state index in [4.69, 9.17) is 9.84 Å². The van der Waals surface area contributed by atoms with Crippen molar-refractivity contribution in [1.29, 1.82) is 0 Å². The summed E-state index contributed by atoms with van der Waals surface area (Å²) in [5, 5.41) is 8.84. The molecule has 0 fully saturated rings. The standard InChI is InChI=1S/C48H82O4/c1-3-5-7-9-11-13-15-17-18-19-20-21-22-23-24-26-28-30-32-37-41-45-48(51)52-46(43-39-35-33-36-40-44-47(49)50)42-38-34-31-29-27-25-16-14-12-10-8-6-4-2/h5,7,11,13,17-18,20-21,23-24,28,30,46H,3-4,6,8-10,12,14-16,19,22,25-27,29,31-45H2,1-2H3,(H,49,50)/b7-5-,13-11-,18-17-,21-20-,24-23-,30-28-. The van der Waals surface area contributed by atoms with Crippen LogP contribution in [0.5, 0.6) is 0 Å². The quantitative estimate of drug-likeness (QED) is 0.0390. The highest BCUT2D eigenvalue weighted by molar-refractivity contribution is 5.69. The molecule has 0 aromatic heterocycles. The number of hydrogen-bond donors (Lipinski definition) is 1. The van der Waals surface area contributed by atoms with Crippen LogP contribution in [0.1, 0.15) is 213 Å². The molecule has 1 N–H and O–H groups in total. The Hall–Kier alpha value is -2.62. The van der Waals surface area contributed by atoms with E-state index in [2.05, 4.69) is 86.8 Å². The molecule has 0 aromatic rings. The molecule has 4 nitrogen and oxygen atoms in total. The number of carboxylic acids is 1. The van der Waals surface area contributed by atoms with Gasteiger partial charge in [-0.3, -0.25) is 9.59 Å². The van der Waals surface area contributed by atoms with Crippen molar-refractivity contribution >= 4 is 11.9 Å². The fourth-order valence-electron chi connectivity index (χ4n) is 6.25. The van der Waals surface area contributed by atoms with Crippen molar-refractivity contribution in [3.8, 4) is 0 Å². The Balaban J connectivity index is 4.11. The maximum atomic E-state index is 12.7. The molecular weight excluding hydrogens is 641 g/mol. The minimum atomic E-state index is -0.706. The summed E-state index contributed by atoms with van der Waals surface area (Å²) in [5.41, 5.74) is 0. The van der Waals surface area contributed by atoms with Crippen LogP contribution in [0.15, 0.2) is 72.9 Å². The monoisotopic (exact) mass is 723 g/mol. The van der Waals surface area contributed by atoms with Crippen molar-refractivity contribution in [3.05, 3.63) is 72.9 Å². The molecule has 0 aliphatic heterocycles. The first kappa shape index (κ1) is 49.4. The SMILES string of the molecule is CC/C=C\C/C=C\C/C=C\C/C=C\C/C=C\C/C=C\CCCCC(=O)OC(CCCCCCCCCCCCCCC)CCCCCCCC(=O)O. The molecule has 0 heterocycles. The van der Waals surface area contributed by atoms with Gasteiger partial charge >= 0.3 is 11.9 Å². The van der Waals surface area contributed by atoms with Gasteiger partial charge < -0.3 is 9.84 Å². The molecule has 0 saturated carbocycles. The lowest BCUT2D eigenvalue weighted by atomic mass is 10.0. The number of esters is 1. The fraction of sp³-hybridized carbons (Fsp3) is 0.708. The average molecular weight is 723 g/mol. The van der Waals surface area contributed by atoms with E-state index in [1.807, 2.05) is 0 Å². The third-order valence-corrected chi connectivity index (χ3v) is 9.44. The minimum absolute atomic E-state index is 0.0302. The Labute approximate surface area is 322 Å². The van der Waals surface area contributed by atoms with E-state index >= 15 is 0 Å². The van der Waals surface area contributed by atoms with Crippen LogP contribution in [0, 0.1) is 0 Å².